The number of aryl methyl sites for hydroxylation is 1. The molecular weight excluding hydrogens is 308 g/mol. The minimum absolute atomic E-state index is 0.257. The smallest absolute Gasteiger partial charge is 0.224 e. The van der Waals surface area contributed by atoms with Gasteiger partial charge in [0.2, 0.25) is 5.91 Å². The van der Waals surface area contributed by atoms with E-state index in [0.717, 1.165) is 35.9 Å². The molecule has 0 aliphatic carbocycles. The minimum Gasteiger partial charge on any atom is -0.332 e. The molecule has 2 atom stereocenters. The molecule has 5 nitrogen and oxygen atoms in total. The molecule has 0 N–H and O–H groups in total. The van der Waals surface area contributed by atoms with E-state index in [0.29, 0.717) is 25.0 Å². The molecule has 0 unspecified atom stereocenters. The molecule has 2 aliphatic rings. The number of pyridine rings is 1. The Balaban J connectivity index is 1.48. The number of nitrogens with zero attached hydrogens (tertiary/aromatic N) is 4. The lowest BCUT2D eigenvalue weighted by Gasteiger charge is -2.25. The van der Waals surface area contributed by atoms with E-state index < -0.39 is 0 Å². The van der Waals surface area contributed by atoms with Gasteiger partial charge >= 0.3 is 0 Å². The fraction of sp³-hybridized carbons (Fsp3) is 0.471. The third kappa shape index (κ3) is 2.88. The van der Waals surface area contributed by atoms with Gasteiger partial charge in [-0.05, 0) is 25.5 Å². The summed E-state index contributed by atoms with van der Waals surface area (Å²) in [5.41, 5.74) is 1.99. The van der Waals surface area contributed by atoms with E-state index >= 15 is 0 Å². The van der Waals surface area contributed by atoms with Gasteiger partial charge < -0.3 is 4.90 Å². The zero-order valence-electron chi connectivity index (χ0n) is 13.2. The summed E-state index contributed by atoms with van der Waals surface area (Å²) in [5.74, 6) is 0.257. The SMILES string of the molecule is Cc1cccc(CN2C(=O)C[C@@H]3[C@@H]2CCN3Cc2nccs2)n1. The summed E-state index contributed by atoms with van der Waals surface area (Å²) in [7, 11) is 0. The molecule has 4 rings (SSSR count). The van der Waals surface area contributed by atoms with Crippen molar-refractivity contribution < 1.29 is 4.79 Å². The van der Waals surface area contributed by atoms with E-state index in [-0.39, 0.29) is 5.91 Å². The van der Waals surface area contributed by atoms with E-state index in [9.17, 15) is 4.79 Å². The van der Waals surface area contributed by atoms with Crippen LogP contribution in [0.3, 0.4) is 0 Å². The number of rotatable bonds is 4. The predicted molar refractivity (Wildman–Crippen MR) is 88.9 cm³/mol. The monoisotopic (exact) mass is 328 g/mol. The molecule has 120 valence electrons. The van der Waals surface area contributed by atoms with Crippen molar-refractivity contribution in [2.45, 2.75) is 44.9 Å². The predicted octanol–water partition coefficient (Wildman–Crippen LogP) is 2.22. The first-order chi connectivity index (χ1) is 11.2. The average Bonchev–Trinajstić information content (AvgIpc) is 3.22. The van der Waals surface area contributed by atoms with Crippen molar-refractivity contribution in [3.05, 3.63) is 46.2 Å². The first kappa shape index (κ1) is 14.8. The summed E-state index contributed by atoms with van der Waals surface area (Å²) in [5, 5.41) is 3.15. The molecule has 2 aliphatic heterocycles. The van der Waals surface area contributed by atoms with Crippen molar-refractivity contribution in [1.82, 2.24) is 19.8 Å². The van der Waals surface area contributed by atoms with Crippen LogP contribution < -0.4 is 0 Å². The lowest BCUT2D eigenvalue weighted by Crippen LogP contribution is -2.36. The average molecular weight is 328 g/mol. The highest BCUT2D eigenvalue weighted by molar-refractivity contribution is 7.09. The van der Waals surface area contributed by atoms with Gasteiger partial charge in [0.25, 0.3) is 0 Å². The van der Waals surface area contributed by atoms with Gasteiger partial charge in [0.05, 0.1) is 18.8 Å². The second kappa shape index (κ2) is 6.02. The number of hydrogen-bond acceptors (Lipinski definition) is 5. The Morgan fingerprint density at radius 1 is 1.30 bits per heavy atom. The lowest BCUT2D eigenvalue weighted by molar-refractivity contribution is -0.129. The van der Waals surface area contributed by atoms with E-state index in [2.05, 4.69) is 14.9 Å². The number of hydrogen-bond donors (Lipinski definition) is 0. The molecule has 0 aromatic carbocycles. The number of aromatic nitrogens is 2. The molecule has 23 heavy (non-hydrogen) atoms. The van der Waals surface area contributed by atoms with Gasteiger partial charge in [-0.25, -0.2) is 4.98 Å². The summed E-state index contributed by atoms with van der Waals surface area (Å²) < 4.78 is 0. The number of fused-ring (bicyclic) bond motifs is 1. The number of likely N-dealkylation sites (tertiary alicyclic amines) is 2. The molecule has 2 aromatic rings. The zero-order chi connectivity index (χ0) is 15.8. The molecule has 0 spiro atoms. The Morgan fingerprint density at radius 2 is 2.22 bits per heavy atom. The fourth-order valence-electron chi connectivity index (χ4n) is 3.78. The molecule has 2 aromatic heterocycles. The molecule has 6 heteroatoms. The normalized spacial score (nSPS) is 24.4. The highest BCUT2D eigenvalue weighted by Gasteiger charge is 2.46. The Labute approximate surface area is 140 Å². The third-order valence-electron chi connectivity index (χ3n) is 4.83. The lowest BCUT2D eigenvalue weighted by atomic mass is 10.1. The van der Waals surface area contributed by atoms with Crippen molar-refractivity contribution in [1.29, 1.82) is 0 Å². The molecule has 1 amide bonds. The summed E-state index contributed by atoms with van der Waals surface area (Å²) in [6, 6.07) is 6.67. The van der Waals surface area contributed by atoms with Crippen LogP contribution >= 0.6 is 11.3 Å². The molecular formula is C17H20N4OS. The van der Waals surface area contributed by atoms with E-state index in [4.69, 9.17) is 0 Å². The van der Waals surface area contributed by atoms with E-state index in [1.54, 1.807) is 11.3 Å². The fourth-order valence-corrected chi connectivity index (χ4v) is 4.42. The van der Waals surface area contributed by atoms with Crippen molar-refractivity contribution in [2.24, 2.45) is 0 Å². The maximum atomic E-state index is 12.5. The van der Waals surface area contributed by atoms with Crippen LogP contribution in [0.1, 0.15) is 29.2 Å². The van der Waals surface area contributed by atoms with Crippen molar-refractivity contribution in [3.63, 3.8) is 0 Å². The van der Waals surface area contributed by atoms with Crippen molar-refractivity contribution >= 4 is 17.2 Å². The van der Waals surface area contributed by atoms with Crippen LogP contribution in [-0.2, 0) is 17.9 Å². The summed E-state index contributed by atoms with van der Waals surface area (Å²) in [6.07, 6.45) is 3.53. The Morgan fingerprint density at radius 3 is 3.00 bits per heavy atom. The highest BCUT2D eigenvalue weighted by atomic mass is 32.1. The second-order valence-electron chi connectivity index (χ2n) is 6.32. The van der Waals surface area contributed by atoms with Gasteiger partial charge in [0.1, 0.15) is 5.01 Å². The van der Waals surface area contributed by atoms with Crippen LogP contribution in [0.4, 0.5) is 0 Å². The minimum atomic E-state index is 0.257. The van der Waals surface area contributed by atoms with E-state index in [1.807, 2.05) is 41.6 Å². The summed E-state index contributed by atoms with van der Waals surface area (Å²) in [6.45, 7) is 4.53. The maximum Gasteiger partial charge on any atom is 0.224 e. The van der Waals surface area contributed by atoms with Crippen LogP contribution in [0, 0.1) is 6.92 Å². The Bertz CT molecular complexity index is 702. The van der Waals surface area contributed by atoms with Crippen LogP contribution in [0.25, 0.3) is 0 Å². The number of carbonyl (C=O) groups is 1. The van der Waals surface area contributed by atoms with Crippen LogP contribution in [0.2, 0.25) is 0 Å². The zero-order valence-corrected chi connectivity index (χ0v) is 14.0. The van der Waals surface area contributed by atoms with Crippen LogP contribution in [0.15, 0.2) is 29.8 Å². The Kier molecular flexibility index (Phi) is 3.87. The van der Waals surface area contributed by atoms with Gasteiger partial charge in [-0.2, -0.15) is 0 Å². The first-order valence-electron chi connectivity index (χ1n) is 8.05. The number of amides is 1. The maximum absolute atomic E-state index is 12.5. The molecule has 4 heterocycles. The van der Waals surface area contributed by atoms with Crippen molar-refractivity contribution in [2.75, 3.05) is 6.54 Å². The van der Waals surface area contributed by atoms with Crippen LogP contribution in [-0.4, -0.2) is 44.3 Å². The standard InChI is InChI=1S/C17H20N4OS/c1-12-3-2-4-13(19-12)10-21-14-5-7-20(15(14)9-17(21)22)11-16-18-6-8-23-16/h2-4,6,8,14-15H,5,7,9-11H2,1H3/t14-,15+/m0/s1. The van der Waals surface area contributed by atoms with Gasteiger partial charge in [-0.1, -0.05) is 6.07 Å². The van der Waals surface area contributed by atoms with E-state index in [1.165, 1.54) is 0 Å². The molecule has 2 saturated heterocycles. The third-order valence-corrected chi connectivity index (χ3v) is 5.59. The van der Waals surface area contributed by atoms with Gasteiger partial charge in [-0.3, -0.25) is 14.7 Å². The first-order valence-corrected chi connectivity index (χ1v) is 8.93. The quantitative estimate of drug-likeness (QED) is 0.863. The molecule has 0 radical (unpaired) electrons. The summed E-state index contributed by atoms with van der Waals surface area (Å²) in [4.78, 5) is 25.9. The Hall–Kier alpha value is -1.79. The van der Waals surface area contributed by atoms with Gasteiger partial charge in [-0.15, -0.1) is 11.3 Å². The highest BCUT2D eigenvalue weighted by Crippen LogP contribution is 2.34. The number of thiazole rings is 1. The van der Waals surface area contributed by atoms with Gasteiger partial charge in [0.15, 0.2) is 0 Å². The second-order valence-corrected chi connectivity index (χ2v) is 7.29. The van der Waals surface area contributed by atoms with Gasteiger partial charge in [0, 0.05) is 42.3 Å². The topological polar surface area (TPSA) is 49.3 Å². The largest absolute Gasteiger partial charge is 0.332 e. The number of carbonyl (C=O) groups excluding carboxylic acids is 1. The summed E-state index contributed by atoms with van der Waals surface area (Å²) >= 11 is 1.69. The van der Waals surface area contributed by atoms with Crippen molar-refractivity contribution in [3.8, 4) is 0 Å². The van der Waals surface area contributed by atoms with Crippen LogP contribution in [0.5, 0.6) is 0 Å². The molecule has 0 saturated carbocycles. The molecule has 0 bridgehead atoms. The molecule has 2 fully saturated rings.